The van der Waals surface area contributed by atoms with Crippen molar-refractivity contribution >= 4 is 11.7 Å². The highest BCUT2D eigenvalue weighted by Crippen LogP contribution is 2.21. The van der Waals surface area contributed by atoms with Crippen molar-refractivity contribution in [2.75, 3.05) is 5.32 Å². The van der Waals surface area contributed by atoms with E-state index in [0.29, 0.717) is 5.82 Å². The Labute approximate surface area is 101 Å². The minimum Gasteiger partial charge on any atom is -0.319 e. The van der Waals surface area contributed by atoms with Gasteiger partial charge in [-0.15, -0.1) is 12.3 Å². The number of aromatic nitrogens is 2. The first-order valence-electron chi connectivity index (χ1n) is 5.40. The van der Waals surface area contributed by atoms with E-state index in [4.69, 9.17) is 12.2 Å². The molecular weight excluding hydrogens is 216 g/mol. The molecule has 1 aromatic heterocycles. The van der Waals surface area contributed by atoms with E-state index in [0.717, 1.165) is 5.69 Å². The van der Waals surface area contributed by atoms with E-state index >= 15 is 0 Å². The molecule has 92 valence electrons. The molecule has 0 fully saturated rings. The second-order valence-electron chi connectivity index (χ2n) is 4.92. The largest absolute Gasteiger partial charge is 0.319 e. The number of rotatable bonds is 3. The first kappa shape index (κ1) is 13.3. The van der Waals surface area contributed by atoms with Gasteiger partial charge in [-0.3, -0.25) is 9.89 Å². The molecule has 1 unspecified atom stereocenters. The van der Waals surface area contributed by atoms with Gasteiger partial charge in [0.1, 0.15) is 0 Å². The van der Waals surface area contributed by atoms with Crippen LogP contribution in [-0.4, -0.2) is 22.1 Å². The number of anilines is 1. The number of nitrogens with zero attached hydrogens (tertiary/aromatic N) is 1. The van der Waals surface area contributed by atoms with Gasteiger partial charge in [0.2, 0.25) is 5.91 Å². The second-order valence-corrected chi connectivity index (χ2v) is 4.92. The van der Waals surface area contributed by atoms with Crippen molar-refractivity contribution in [2.45, 2.75) is 38.6 Å². The molecule has 4 N–H and O–H groups in total. The Morgan fingerprint density at radius 2 is 2.35 bits per heavy atom. The summed E-state index contributed by atoms with van der Waals surface area (Å²) < 4.78 is 0. The summed E-state index contributed by atoms with van der Waals surface area (Å²) in [6.45, 7) is 6.16. The minimum absolute atomic E-state index is 0.0447. The molecule has 5 nitrogen and oxygen atoms in total. The summed E-state index contributed by atoms with van der Waals surface area (Å²) in [4.78, 5) is 11.6. The van der Waals surface area contributed by atoms with Crippen LogP contribution >= 0.6 is 0 Å². The number of aromatic amines is 1. The van der Waals surface area contributed by atoms with Crippen molar-refractivity contribution in [1.29, 1.82) is 0 Å². The van der Waals surface area contributed by atoms with Crippen molar-refractivity contribution in [3.63, 3.8) is 0 Å². The molecule has 0 saturated heterocycles. The van der Waals surface area contributed by atoms with E-state index in [9.17, 15) is 4.79 Å². The molecule has 1 heterocycles. The number of amides is 1. The molecule has 0 spiro atoms. The third-order valence-corrected chi connectivity index (χ3v) is 2.31. The van der Waals surface area contributed by atoms with Gasteiger partial charge >= 0.3 is 0 Å². The quantitative estimate of drug-likeness (QED) is 0.682. The van der Waals surface area contributed by atoms with E-state index in [1.807, 2.05) is 0 Å². The molecule has 1 amide bonds. The average Bonchev–Trinajstić information content (AvgIpc) is 2.66. The molecule has 1 atom stereocenters. The van der Waals surface area contributed by atoms with Crippen molar-refractivity contribution < 1.29 is 4.79 Å². The fraction of sp³-hybridized carbons (Fsp3) is 0.500. The molecule has 0 radical (unpaired) electrons. The van der Waals surface area contributed by atoms with Gasteiger partial charge in [-0.2, -0.15) is 5.10 Å². The summed E-state index contributed by atoms with van der Waals surface area (Å²) in [5, 5.41) is 9.49. The standard InChI is InChI=1S/C12H18N4O/c1-5-6-8(13)11(17)14-10-7-9(15-16-10)12(2,3)4/h1,7-8H,6,13H2,2-4H3,(H2,14,15,16,17). The van der Waals surface area contributed by atoms with Crippen molar-refractivity contribution in [2.24, 2.45) is 5.73 Å². The summed E-state index contributed by atoms with van der Waals surface area (Å²) >= 11 is 0. The van der Waals surface area contributed by atoms with Gasteiger partial charge in [-0.05, 0) is 0 Å². The average molecular weight is 234 g/mol. The zero-order chi connectivity index (χ0) is 13.1. The number of hydrogen-bond acceptors (Lipinski definition) is 3. The Morgan fingerprint density at radius 1 is 1.71 bits per heavy atom. The van der Waals surface area contributed by atoms with Gasteiger partial charge in [-0.1, -0.05) is 20.8 Å². The molecule has 0 aliphatic rings. The predicted molar refractivity (Wildman–Crippen MR) is 67.3 cm³/mol. The van der Waals surface area contributed by atoms with Crippen LogP contribution < -0.4 is 11.1 Å². The van der Waals surface area contributed by atoms with Gasteiger partial charge in [-0.25, -0.2) is 0 Å². The van der Waals surface area contributed by atoms with Gasteiger partial charge in [0.15, 0.2) is 5.82 Å². The summed E-state index contributed by atoms with van der Waals surface area (Å²) in [5.41, 5.74) is 6.47. The SMILES string of the molecule is C#CCC(N)C(=O)Nc1cc(C(C)(C)C)[nH]n1. The molecule has 0 aromatic carbocycles. The summed E-state index contributed by atoms with van der Waals surface area (Å²) in [6.07, 6.45) is 5.30. The molecule has 17 heavy (non-hydrogen) atoms. The van der Waals surface area contributed by atoms with Gasteiger partial charge in [0.25, 0.3) is 0 Å². The second kappa shape index (κ2) is 5.02. The number of carbonyl (C=O) groups is 1. The number of nitrogens with one attached hydrogen (secondary N) is 2. The zero-order valence-corrected chi connectivity index (χ0v) is 10.4. The van der Waals surface area contributed by atoms with Crippen LogP contribution in [0.4, 0.5) is 5.82 Å². The Kier molecular flexibility index (Phi) is 3.92. The zero-order valence-electron chi connectivity index (χ0n) is 10.4. The molecule has 1 aromatic rings. The maximum absolute atomic E-state index is 11.6. The highest BCUT2D eigenvalue weighted by Gasteiger charge is 2.18. The lowest BCUT2D eigenvalue weighted by Crippen LogP contribution is -2.35. The lowest BCUT2D eigenvalue weighted by atomic mass is 9.92. The third kappa shape index (κ3) is 3.61. The van der Waals surface area contributed by atoms with Crippen LogP contribution in [0.15, 0.2) is 6.07 Å². The van der Waals surface area contributed by atoms with Gasteiger partial charge in [0, 0.05) is 23.6 Å². The van der Waals surface area contributed by atoms with Crippen LogP contribution in [-0.2, 0) is 10.2 Å². The Bertz CT molecular complexity index is 436. The first-order valence-corrected chi connectivity index (χ1v) is 5.40. The minimum atomic E-state index is -0.699. The lowest BCUT2D eigenvalue weighted by Gasteiger charge is -2.14. The Morgan fingerprint density at radius 3 is 2.82 bits per heavy atom. The van der Waals surface area contributed by atoms with E-state index in [-0.39, 0.29) is 17.7 Å². The monoisotopic (exact) mass is 234 g/mol. The third-order valence-electron chi connectivity index (χ3n) is 2.31. The summed E-state index contributed by atoms with van der Waals surface area (Å²) in [5.74, 6) is 2.49. The molecule has 1 rings (SSSR count). The maximum atomic E-state index is 11.6. The molecular formula is C12H18N4O. The number of nitrogens with two attached hydrogens (primary N) is 1. The van der Waals surface area contributed by atoms with Crippen molar-refractivity contribution in [3.8, 4) is 12.3 Å². The van der Waals surface area contributed by atoms with Crippen LogP contribution in [0.3, 0.4) is 0 Å². The van der Waals surface area contributed by atoms with E-state index < -0.39 is 6.04 Å². The molecule has 0 aliphatic heterocycles. The number of H-pyrrole nitrogens is 1. The van der Waals surface area contributed by atoms with Gasteiger partial charge < -0.3 is 11.1 Å². The normalized spacial score (nSPS) is 12.9. The Hall–Kier alpha value is -1.80. The molecule has 0 saturated carbocycles. The summed E-state index contributed by atoms with van der Waals surface area (Å²) in [6, 6.07) is 1.09. The van der Waals surface area contributed by atoms with Gasteiger partial charge in [0.05, 0.1) is 6.04 Å². The van der Waals surface area contributed by atoms with Crippen LogP contribution in [0.2, 0.25) is 0 Å². The van der Waals surface area contributed by atoms with Crippen molar-refractivity contribution in [3.05, 3.63) is 11.8 Å². The molecule has 0 bridgehead atoms. The van der Waals surface area contributed by atoms with E-state index in [1.165, 1.54) is 0 Å². The smallest absolute Gasteiger partial charge is 0.243 e. The fourth-order valence-electron chi connectivity index (χ4n) is 1.21. The highest BCUT2D eigenvalue weighted by atomic mass is 16.2. The Balaban J connectivity index is 2.68. The first-order chi connectivity index (χ1) is 7.84. The number of hydrogen-bond donors (Lipinski definition) is 3. The number of terminal acetylenes is 1. The van der Waals surface area contributed by atoms with Crippen LogP contribution in [0.5, 0.6) is 0 Å². The topological polar surface area (TPSA) is 83.8 Å². The predicted octanol–water partition coefficient (Wildman–Crippen LogP) is 0.996. The van der Waals surface area contributed by atoms with Crippen LogP contribution in [0, 0.1) is 12.3 Å². The maximum Gasteiger partial charge on any atom is 0.243 e. The highest BCUT2D eigenvalue weighted by molar-refractivity contribution is 5.94. The fourth-order valence-corrected chi connectivity index (χ4v) is 1.21. The molecule has 5 heteroatoms. The molecule has 0 aliphatic carbocycles. The lowest BCUT2D eigenvalue weighted by molar-refractivity contribution is -0.117. The van der Waals surface area contributed by atoms with Crippen LogP contribution in [0.1, 0.15) is 32.9 Å². The van der Waals surface area contributed by atoms with Crippen LogP contribution in [0.25, 0.3) is 0 Å². The van der Waals surface area contributed by atoms with E-state index in [2.05, 4.69) is 42.2 Å². The number of carbonyl (C=O) groups excluding carboxylic acids is 1. The van der Waals surface area contributed by atoms with E-state index in [1.54, 1.807) is 6.07 Å². The van der Waals surface area contributed by atoms with Crippen molar-refractivity contribution in [1.82, 2.24) is 10.2 Å². The summed E-state index contributed by atoms with van der Waals surface area (Å²) in [7, 11) is 0.